The van der Waals surface area contributed by atoms with Crippen LogP contribution in [0.15, 0.2) is 36.7 Å². The molecule has 0 spiro atoms. The third-order valence-electron chi connectivity index (χ3n) is 4.28. The van der Waals surface area contributed by atoms with E-state index in [1.807, 2.05) is 30.3 Å². The number of carbonyl (C=O) groups excluding carboxylic acids is 1. The van der Waals surface area contributed by atoms with Crippen LogP contribution in [0.2, 0.25) is 0 Å². The SMILES string of the molecule is O=C(O)CCC1CCCCN1C(=O)c1ncn(-c2ccccc2)n1. The van der Waals surface area contributed by atoms with E-state index in [-0.39, 0.29) is 24.2 Å². The zero-order valence-corrected chi connectivity index (χ0v) is 13.3. The van der Waals surface area contributed by atoms with E-state index in [4.69, 9.17) is 5.11 Å². The molecule has 3 rings (SSSR count). The lowest BCUT2D eigenvalue weighted by Gasteiger charge is -2.34. The van der Waals surface area contributed by atoms with Crippen LogP contribution in [0.5, 0.6) is 0 Å². The molecule has 0 aliphatic carbocycles. The highest BCUT2D eigenvalue weighted by atomic mass is 16.4. The van der Waals surface area contributed by atoms with Gasteiger partial charge in [-0.15, -0.1) is 5.10 Å². The molecule has 2 aromatic rings. The maximum atomic E-state index is 12.7. The first-order chi connectivity index (χ1) is 11.6. The molecule has 7 nitrogen and oxygen atoms in total. The van der Waals surface area contributed by atoms with Crippen molar-refractivity contribution >= 4 is 11.9 Å². The third-order valence-corrected chi connectivity index (χ3v) is 4.28. The number of carboxylic acid groups (broad SMARTS) is 1. The highest BCUT2D eigenvalue weighted by Gasteiger charge is 2.29. The molecule has 1 saturated heterocycles. The molecule has 1 aliphatic rings. The molecule has 126 valence electrons. The van der Waals surface area contributed by atoms with Gasteiger partial charge in [0.2, 0.25) is 5.82 Å². The Bertz CT molecular complexity index is 714. The number of likely N-dealkylation sites (tertiary alicyclic amines) is 1. The van der Waals surface area contributed by atoms with Gasteiger partial charge in [-0.05, 0) is 37.8 Å². The number of aliphatic carboxylic acids is 1. The number of carboxylic acids is 1. The van der Waals surface area contributed by atoms with Crippen molar-refractivity contribution in [3.05, 3.63) is 42.5 Å². The normalized spacial score (nSPS) is 17.7. The van der Waals surface area contributed by atoms with Crippen molar-refractivity contribution in [1.82, 2.24) is 19.7 Å². The molecule has 0 bridgehead atoms. The predicted octanol–water partition coefficient (Wildman–Crippen LogP) is 2.13. The van der Waals surface area contributed by atoms with E-state index in [2.05, 4.69) is 10.1 Å². The quantitative estimate of drug-likeness (QED) is 0.908. The summed E-state index contributed by atoms with van der Waals surface area (Å²) in [5, 5.41) is 13.2. The fourth-order valence-electron chi connectivity index (χ4n) is 3.05. The topological polar surface area (TPSA) is 88.3 Å². The van der Waals surface area contributed by atoms with Crippen LogP contribution in [0.4, 0.5) is 0 Å². The van der Waals surface area contributed by atoms with Crippen molar-refractivity contribution < 1.29 is 14.7 Å². The fourth-order valence-corrected chi connectivity index (χ4v) is 3.05. The first-order valence-corrected chi connectivity index (χ1v) is 8.15. The van der Waals surface area contributed by atoms with Gasteiger partial charge in [-0.2, -0.15) is 0 Å². The molecular weight excluding hydrogens is 308 g/mol. The van der Waals surface area contributed by atoms with E-state index in [9.17, 15) is 9.59 Å². The van der Waals surface area contributed by atoms with Crippen LogP contribution in [-0.2, 0) is 4.79 Å². The molecular formula is C17H20N4O3. The highest BCUT2D eigenvalue weighted by Crippen LogP contribution is 2.22. The lowest BCUT2D eigenvalue weighted by molar-refractivity contribution is -0.137. The Morgan fingerprint density at radius 2 is 2.00 bits per heavy atom. The summed E-state index contributed by atoms with van der Waals surface area (Å²) < 4.78 is 1.57. The highest BCUT2D eigenvalue weighted by molar-refractivity contribution is 5.90. The molecule has 1 atom stereocenters. The number of para-hydroxylation sites is 1. The first-order valence-electron chi connectivity index (χ1n) is 8.15. The molecule has 0 radical (unpaired) electrons. The molecule has 24 heavy (non-hydrogen) atoms. The Labute approximate surface area is 139 Å². The van der Waals surface area contributed by atoms with Gasteiger partial charge < -0.3 is 10.0 Å². The molecule has 0 saturated carbocycles. The van der Waals surface area contributed by atoms with E-state index in [0.717, 1.165) is 24.9 Å². The molecule has 1 aliphatic heterocycles. The van der Waals surface area contributed by atoms with Crippen molar-refractivity contribution in [1.29, 1.82) is 0 Å². The van der Waals surface area contributed by atoms with Gasteiger partial charge in [0.1, 0.15) is 6.33 Å². The number of carbonyl (C=O) groups is 2. The summed E-state index contributed by atoms with van der Waals surface area (Å²) in [5.74, 6) is -0.902. The molecule has 1 amide bonds. The monoisotopic (exact) mass is 328 g/mol. The summed E-state index contributed by atoms with van der Waals surface area (Å²) in [6, 6.07) is 9.42. The number of hydrogen-bond acceptors (Lipinski definition) is 4. The van der Waals surface area contributed by atoms with Gasteiger partial charge in [0.15, 0.2) is 0 Å². The predicted molar refractivity (Wildman–Crippen MR) is 86.9 cm³/mol. The first kappa shape index (κ1) is 16.2. The summed E-state index contributed by atoms with van der Waals surface area (Å²) in [4.78, 5) is 29.4. The third kappa shape index (κ3) is 3.61. The minimum Gasteiger partial charge on any atom is -0.481 e. The summed E-state index contributed by atoms with van der Waals surface area (Å²) in [6.07, 6.45) is 4.84. The van der Waals surface area contributed by atoms with E-state index < -0.39 is 5.97 Å². The van der Waals surface area contributed by atoms with Gasteiger partial charge in [-0.25, -0.2) is 9.67 Å². The average Bonchev–Trinajstić information content (AvgIpc) is 3.10. The Morgan fingerprint density at radius 1 is 1.21 bits per heavy atom. The van der Waals surface area contributed by atoms with Crippen molar-refractivity contribution in [3.8, 4) is 5.69 Å². The average molecular weight is 328 g/mol. The van der Waals surface area contributed by atoms with Gasteiger partial charge in [0.05, 0.1) is 5.69 Å². The number of nitrogens with zero attached hydrogens (tertiary/aromatic N) is 4. The van der Waals surface area contributed by atoms with Gasteiger partial charge in [-0.1, -0.05) is 18.2 Å². The van der Waals surface area contributed by atoms with Gasteiger partial charge in [0, 0.05) is 19.0 Å². The minimum absolute atomic E-state index is 0.0500. The Balaban J connectivity index is 1.74. The van der Waals surface area contributed by atoms with E-state index in [1.165, 1.54) is 6.33 Å². The Morgan fingerprint density at radius 3 is 2.75 bits per heavy atom. The summed E-state index contributed by atoms with van der Waals surface area (Å²) in [5.41, 5.74) is 0.838. The minimum atomic E-state index is -0.834. The van der Waals surface area contributed by atoms with Gasteiger partial charge in [-0.3, -0.25) is 9.59 Å². The molecule has 1 N–H and O–H groups in total. The second-order valence-electron chi connectivity index (χ2n) is 5.93. The largest absolute Gasteiger partial charge is 0.481 e. The van der Waals surface area contributed by atoms with Crippen molar-refractivity contribution in [2.75, 3.05) is 6.54 Å². The van der Waals surface area contributed by atoms with Crippen LogP contribution >= 0.6 is 0 Å². The van der Waals surface area contributed by atoms with Gasteiger partial charge in [0.25, 0.3) is 5.91 Å². The van der Waals surface area contributed by atoms with Crippen molar-refractivity contribution in [2.24, 2.45) is 0 Å². The number of aromatic nitrogens is 3. The zero-order chi connectivity index (χ0) is 16.9. The van der Waals surface area contributed by atoms with E-state index in [1.54, 1.807) is 9.58 Å². The lowest BCUT2D eigenvalue weighted by Crippen LogP contribution is -2.44. The maximum absolute atomic E-state index is 12.7. The van der Waals surface area contributed by atoms with Crippen LogP contribution in [0, 0.1) is 0 Å². The second-order valence-corrected chi connectivity index (χ2v) is 5.93. The Kier molecular flexibility index (Phi) is 4.88. The number of piperidine rings is 1. The standard InChI is InChI=1S/C17H20N4O3/c22-15(23)10-9-13-6-4-5-11-20(13)17(24)16-18-12-21(19-16)14-7-2-1-3-8-14/h1-3,7-8,12-13H,4-6,9-11H2,(H,22,23). The molecule has 1 fully saturated rings. The molecule has 1 aromatic heterocycles. The fraction of sp³-hybridized carbons (Fsp3) is 0.412. The number of benzene rings is 1. The smallest absolute Gasteiger partial charge is 0.303 e. The van der Waals surface area contributed by atoms with Crippen LogP contribution in [0.25, 0.3) is 5.69 Å². The number of rotatable bonds is 5. The van der Waals surface area contributed by atoms with Gasteiger partial charge >= 0.3 is 5.97 Å². The second kappa shape index (κ2) is 7.25. The Hall–Kier alpha value is -2.70. The van der Waals surface area contributed by atoms with Crippen molar-refractivity contribution in [3.63, 3.8) is 0 Å². The summed E-state index contributed by atoms with van der Waals surface area (Å²) >= 11 is 0. The van der Waals surface area contributed by atoms with E-state index >= 15 is 0 Å². The number of hydrogen-bond donors (Lipinski definition) is 1. The maximum Gasteiger partial charge on any atom is 0.303 e. The molecule has 2 heterocycles. The van der Waals surface area contributed by atoms with Crippen LogP contribution < -0.4 is 0 Å². The zero-order valence-electron chi connectivity index (χ0n) is 13.3. The van der Waals surface area contributed by atoms with Crippen LogP contribution in [0.1, 0.15) is 42.7 Å². The lowest BCUT2D eigenvalue weighted by atomic mass is 9.98. The molecule has 1 aromatic carbocycles. The summed E-state index contributed by atoms with van der Waals surface area (Å²) in [7, 11) is 0. The molecule has 7 heteroatoms. The summed E-state index contributed by atoms with van der Waals surface area (Å²) in [6.45, 7) is 0.628. The van der Waals surface area contributed by atoms with Crippen LogP contribution in [-0.4, -0.2) is 49.2 Å². The van der Waals surface area contributed by atoms with Crippen molar-refractivity contribution in [2.45, 2.75) is 38.1 Å². The number of amides is 1. The van der Waals surface area contributed by atoms with Crippen LogP contribution in [0.3, 0.4) is 0 Å². The van der Waals surface area contributed by atoms with E-state index in [0.29, 0.717) is 13.0 Å². The molecule has 1 unspecified atom stereocenters.